The number of anilines is 2. The Bertz CT molecular complexity index is 696. The van der Waals surface area contributed by atoms with E-state index < -0.39 is 38.9 Å². The molecule has 0 atom stereocenters. The number of halogens is 3. The molecule has 0 spiro atoms. The highest BCUT2D eigenvalue weighted by Crippen LogP contribution is 2.32. The second-order valence-corrected chi connectivity index (χ2v) is 4.16. The largest absolute Gasteiger partial charge is 0.348 e. The molecule has 1 aromatic heterocycles. The number of nitrogens with zero attached hydrogens (tertiary/aromatic N) is 3. The maximum atomic E-state index is 13.8. The summed E-state index contributed by atoms with van der Waals surface area (Å²) in [6, 6.07) is 2.28. The molecule has 0 unspecified atom stereocenters. The molecule has 9 heteroatoms. The fourth-order valence-corrected chi connectivity index (χ4v) is 1.70. The van der Waals surface area contributed by atoms with Crippen LogP contribution in [0.2, 0.25) is 5.15 Å². The first kappa shape index (κ1) is 14.1. The minimum atomic E-state index is -0.905. The first-order valence-corrected chi connectivity index (χ1v) is 5.66. The highest BCUT2D eigenvalue weighted by molar-refractivity contribution is 6.31. The summed E-state index contributed by atoms with van der Waals surface area (Å²) in [5.41, 5.74) is -1.02. The number of hydrogen-bond acceptors (Lipinski definition) is 5. The molecule has 0 fully saturated rings. The standard InChI is InChI=1S/C11H7ClF2N4O2/c1-5-2-3-6(13)8(7(5)14)17-11-9(18(19)20)10(12)15-4-16-11/h2-4H,1H3,(H,15,16,17). The van der Waals surface area contributed by atoms with Gasteiger partial charge in [0.1, 0.15) is 17.8 Å². The second kappa shape index (κ2) is 5.33. The summed E-state index contributed by atoms with van der Waals surface area (Å²) in [5, 5.41) is 12.7. The first-order valence-electron chi connectivity index (χ1n) is 5.28. The Labute approximate surface area is 116 Å². The third kappa shape index (κ3) is 2.50. The van der Waals surface area contributed by atoms with Crippen molar-refractivity contribution in [2.75, 3.05) is 5.32 Å². The highest BCUT2D eigenvalue weighted by Gasteiger charge is 2.23. The van der Waals surface area contributed by atoms with Gasteiger partial charge in [0.05, 0.1) is 4.92 Å². The third-order valence-corrected chi connectivity index (χ3v) is 2.76. The monoisotopic (exact) mass is 300 g/mol. The van der Waals surface area contributed by atoms with E-state index in [0.29, 0.717) is 0 Å². The first-order chi connectivity index (χ1) is 9.41. The molecule has 1 heterocycles. The fourth-order valence-electron chi connectivity index (χ4n) is 1.50. The highest BCUT2D eigenvalue weighted by atomic mass is 35.5. The van der Waals surface area contributed by atoms with E-state index in [2.05, 4.69) is 15.3 Å². The molecule has 0 aliphatic carbocycles. The van der Waals surface area contributed by atoms with Gasteiger partial charge in [0.25, 0.3) is 0 Å². The molecule has 104 valence electrons. The van der Waals surface area contributed by atoms with Crippen LogP contribution in [-0.4, -0.2) is 14.9 Å². The van der Waals surface area contributed by atoms with Crippen LogP contribution in [0.15, 0.2) is 18.5 Å². The van der Waals surface area contributed by atoms with Gasteiger partial charge < -0.3 is 5.32 Å². The van der Waals surface area contributed by atoms with Gasteiger partial charge in [-0.2, -0.15) is 0 Å². The molecule has 0 saturated carbocycles. The molecular formula is C11H7ClF2N4O2. The molecule has 20 heavy (non-hydrogen) atoms. The molecule has 0 aliphatic heterocycles. The average Bonchev–Trinajstić information content (AvgIpc) is 2.39. The van der Waals surface area contributed by atoms with Gasteiger partial charge in [-0.1, -0.05) is 17.7 Å². The van der Waals surface area contributed by atoms with E-state index in [9.17, 15) is 18.9 Å². The lowest BCUT2D eigenvalue weighted by molar-refractivity contribution is -0.384. The number of nitro groups is 1. The number of rotatable bonds is 3. The normalized spacial score (nSPS) is 10.4. The summed E-state index contributed by atoms with van der Waals surface area (Å²) in [6.45, 7) is 1.43. The van der Waals surface area contributed by atoms with Crippen molar-refractivity contribution in [2.24, 2.45) is 0 Å². The lowest BCUT2D eigenvalue weighted by atomic mass is 10.2. The van der Waals surface area contributed by atoms with Gasteiger partial charge in [0, 0.05) is 0 Å². The smallest absolute Gasteiger partial charge is 0.329 e. The van der Waals surface area contributed by atoms with Gasteiger partial charge in [0.2, 0.25) is 11.0 Å². The number of nitrogens with one attached hydrogen (secondary N) is 1. The van der Waals surface area contributed by atoms with Crippen LogP contribution in [0.3, 0.4) is 0 Å². The zero-order valence-electron chi connectivity index (χ0n) is 10.0. The van der Waals surface area contributed by atoms with E-state index in [1.54, 1.807) is 0 Å². The Kier molecular flexibility index (Phi) is 3.75. The van der Waals surface area contributed by atoms with E-state index in [4.69, 9.17) is 11.6 Å². The predicted octanol–water partition coefficient (Wildman–Crippen LogP) is 3.37. The van der Waals surface area contributed by atoms with Gasteiger partial charge in [-0.25, -0.2) is 18.7 Å². The fraction of sp³-hybridized carbons (Fsp3) is 0.0909. The Hall–Kier alpha value is -2.35. The van der Waals surface area contributed by atoms with Crippen LogP contribution in [0.25, 0.3) is 0 Å². The van der Waals surface area contributed by atoms with E-state index in [-0.39, 0.29) is 5.56 Å². The summed E-state index contributed by atoms with van der Waals surface area (Å²) in [7, 11) is 0. The minimum Gasteiger partial charge on any atom is -0.329 e. The van der Waals surface area contributed by atoms with Crippen LogP contribution in [-0.2, 0) is 0 Å². The second-order valence-electron chi connectivity index (χ2n) is 3.80. The van der Waals surface area contributed by atoms with Crippen LogP contribution in [0.4, 0.5) is 26.0 Å². The lowest BCUT2D eigenvalue weighted by Gasteiger charge is -2.09. The zero-order chi connectivity index (χ0) is 14.9. The average molecular weight is 301 g/mol. The molecule has 2 aromatic rings. The molecule has 0 radical (unpaired) electrons. The SMILES string of the molecule is Cc1ccc(F)c(Nc2ncnc(Cl)c2[N+](=O)[O-])c1F. The molecular weight excluding hydrogens is 294 g/mol. The summed E-state index contributed by atoms with van der Waals surface area (Å²) >= 11 is 5.58. The maximum absolute atomic E-state index is 13.8. The Morgan fingerprint density at radius 1 is 1.35 bits per heavy atom. The van der Waals surface area contributed by atoms with Crippen LogP contribution in [0, 0.1) is 28.7 Å². The van der Waals surface area contributed by atoms with Gasteiger partial charge in [0.15, 0.2) is 5.82 Å². The van der Waals surface area contributed by atoms with Crippen molar-refractivity contribution >= 4 is 28.8 Å². The van der Waals surface area contributed by atoms with Crippen LogP contribution < -0.4 is 5.32 Å². The van der Waals surface area contributed by atoms with E-state index in [1.165, 1.54) is 13.0 Å². The number of hydrogen-bond donors (Lipinski definition) is 1. The van der Waals surface area contributed by atoms with Crippen LogP contribution in [0.5, 0.6) is 0 Å². The Balaban J connectivity index is 2.54. The topological polar surface area (TPSA) is 81.0 Å². The van der Waals surface area contributed by atoms with E-state index in [1.807, 2.05) is 0 Å². The van der Waals surface area contributed by atoms with Crippen LogP contribution >= 0.6 is 11.6 Å². The lowest BCUT2D eigenvalue weighted by Crippen LogP contribution is -2.05. The van der Waals surface area contributed by atoms with Crippen molar-refractivity contribution in [2.45, 2.75) is 6.92 Å². The van der Waals surface area contributed by atoms with Crippen molar-refractivity contribution in [3.05, 3.63) is 50.9 Å². The third-order valence-electron chi connectivity index (χ3n) is 2.49. The van der Waals surface area contributed by atoms with Crippen molar-refractivity contribution < 1.29 is 13.7 Å². The summed E-state index contributed by atoms with van der Waals surface area (Å²) in [6.07, 6.45) is 0.948. The molecule has 0 bridgehead atoms. The molecule has 6 nitrogen and oxygen atoms in total. The van der Waals surface area contributed by atoms with Crippen LogP contribution in [0.1, 0.15) is 5.56 Å². The summed E-state index contributed by atoms with van der Waals surface area (Å²) in [4.78, 5) is 17.1. The summed E-state index contributed by atoms with van der Waals surface area (Å²) < 4.78 is 27.4. The van der Waals surface area contributed by atoms with Crippen molar-refractivity contribution in [3.63, 3.8) is 0 Å². The van der Waals surface area contributed by atoms with Crippen molar-refractivity contribution in [1.29, 1.82) is 0 Å². The predicted molar refractivity (Wildman–Crippen MR) is 68.1 cm³/mol. The van der Waals surface area contributed by atoms with Crippen molar-refractivity contribution in [3.8, 4) is 0 Å². The number of aryl methyl sites for hydroxylation is 1. The number of benzene rings is 1. The molecule has 0 aliphatic rings. The van der Waals surface area contributed by atoms with Crippen molar-refractivity contribution in [1.82, 2.24) is 9.97 Å². The maximum Gasteiger partial charge on any atom is 0.348 e. The molecule has 1 aromatic carbocycles. The van der Waals surface area contributed by atoms with Gasteiger partial charge >= 0.3 is 5.69 Å². The van der Waals surface area contributed by atoms with E-state index in [0.717, 1.165) is 12.4 Å². The quantitative estimate of drug-likeness (QED) is 0.534. The summed E-state index contributed by atoms with van der Waals surface area (Å²) in [5.74, 6) is -2.16. The van der Waals surface area contributed by atoms with Gasteiger partial charge in [-0.3, -0.25) is 10.1 Å². The zero-order valence-corrected chi connectivity index (χ0v) is 10.8. The molecule has 0 saturated heterocycles. The Morgan fingerprint density at radius 3 is 2.70 bits per heavy atom. The molecule has 1 N–H and O–H groups in total. The van der Waals surface area contributed by atoms with Gasteiger partial charge in [-0.05, 0) is 18.6 Å². The molecule has 0 amide bonds. The minimum absolute atomic E-state index is 0.178. The van der Waals surface area contributed by atoms with Gasteiger partial charge in [-0.15, -0.1) is 0 Å². The van der Waals surface area contributed by atoms with E-state index >= 15 is 0 Å². The molecule has 2 rings (SSSR count). The Morgan fingerprint density at radius 2 is 2.05 bits per heavy atom. The number of aromatic nitrogens is 2.